The zero-order chi connectivity index (χ0) is 17.5. The number of nitrogens with zero attached hydrogens (tertiary/aromatic N) is 1. The van der Waals surface area contributed by atoms with E-state index in [1.807, 2.05) is 19.1 Å². The van der Waals surface area contributed by atoms with Gasteiger partial charge < -0.3 is 15.2 Å². The second-order valence-electron chi connectivity index (χ2n) is 7.03. The molecule has 1 heterocycles. The summed E-state index contributed by atoms with van der Waals surface area (Å²) in [5, 5.41) is 13.1. The van der Waals surface area contributed by atoms with E-state index in [9.17, 15) is 9.90 Å². The molecule has 0 radical (unpaired) electrons. The van der Waals surface area contributed by atoms with Crippen LogP contribution in [0.1, 0.15) is 39.2 Å². The third-order valence-corrected chi connectivity index (χ3v) is 4.63. The summed E-state index contributed by atoms with van der Waals surface area (Å²) in [6.07, 6.45) is 2.28. The Balaban J connectivity index is 1.99. The molecule has 1 aliphatic rings. The van der Waals surface area contributed by atoms with Crippen LogP contribution < -0.4 is 5.32 Å². The number of phenolic OH excluding ortho intramolecular Hbond substituents is 1. The summed E-state index contributed by atoms with van der Waals surface area (Å²) in [4.78, 5) is 14.4. The number of aromatic hydroxyl groups is 1. The highest BCUT2D eigenvalue weighted by Crippen LogP contribution is 2.20. The standard InChI is InChI=1S/C19H30N2O3/c1-14(2)15(3)20-19(23)13-21(12-17-8-6-10-24-17)11-16-7-4-5-9-18(16)22/h4-5,7,9,14-15,17,22H,6,8,10-13H2,1-3H3,(H,20,23)/t15-,17+/m1/s1. The normalized spacial score (nSPS) is 19.0. The molecule has 1 saturated heterocycles. The number of rotatable bonds is 8. The molecular formula is C19H30N2O3. The topological polar surface area (TPSA) is 61.8 Å². The van der Waals surface area contributed by atoms with E-state index in [4.69, 9.17) is 4.74 Å². The Labute approximate surface area is 145 Å². The summed E-state index contributed by atoms with van der Waals surface area (Å²) >= 11 is 0. The van der Waals surface area contributed by atoms with Crippen molar-refractivity contribution in [1.29, 1.82) is 0 Å². The van der Waals surface area contributed by atoms with Gasteiger partial charge in [-0.3, -0.25) is 9.69 Å². The quantitative estimate of drug-likeness (QED) is 0.767. The lowest BCUT2D eigenvalue weighted by atomic mass is 10.1. The van der Waals surface area contributed by atoms with Gasteiger partial charge >= 0.3 is 0 Å². The lowest BCUT2D eigenvalue weighted by Crippen LogP contribution is -2.44. The number of carbonyl (C=O) groups is 1. The number of para-hydroxylation sites is 1. The molecule has 1 aliphatic heterocycles. The molecule has 0 aliphatic carbocycles. The number of amides is 1. The lowest BCUT2D eigenvalue weighted by molar-refractivity contribution is -0.123. The Morgan fingerprint density at radius 1 is 1.38 bits per heavy atom. The van der Waals surface area contributed by atoms with Crippen LogP contribution in [-0.2, 0) is 16.1 Å². The third kappa shape index (κ3) is 5.80. The van der Waals surface area contributed by atoms with Crippen LogP contribution in [-0.4, -0.2) is 47.8 Å². The summed E-state index contributed by atoms with van der Waals surface area (Å²) in [6.45, 7) is 8.56. The van der Waals surface area contributed by atoms with E-state index in [2.05, 4.69) is 24.1 Å². The number of hydrogen-bond acceptors (Lipinski definition) is 4. The average molecular weight is 334 g/mol. The third-order valence-electron chi connectivity index (χ3n) is 4.63. The van der Waals surface area contributed by atoms with Crippen LogP contribution in [0, 0.1) is 5.92 Å². The molecule has 1 aromatic carbocycles. The van der Waals surface area contributed by atoms with E-state index in [1.54, 1.807) is 12.1 Å². The van der Waals surface area contributed by atoms with Crippen molar-refractivity contribution in [3.63, 3.8) is 0 Å². The van der Waals surface area contributed by atoms with Gasteiger partial charge in [0.25, 0.3) is 0 Å². The molecule has 2 N–H and O–H groups in total. The first-order valence-electron chi connectivity index (χ1n) is 8.86. The van der Waals surface area contributed by atoms with Crippen LogP contribution in [0.5, 0.6) is 5.75 Å². The molecule has 134 valence electrons. The molecule has 1 amide bonds. The van der Waals surface area contributed by atoms with Crippen molar-refractivity contribution in [1.82, 2.24) is 10.2 Å². The minimum absolute atomic E-state index is 0.0182. The molecule has 0 aromatic heterocycles. The van der Waals surface area contributed by atoms with Gasteiger partial charge in [0.1, 0.15) is 5.75 Å². The van der Waals surface area contributed by atoms with E-state index in [-0.39, 0.29) is 23.8 Å². The highest BCUT2D eigenvalue weighted by atomic mass is 16.5. The number of benzene rings is 1. The van der Waals surface area contributed by atoms with Crippen molar-refractivity contribution in [3.8, 4) is 5.75 Å². The van der Waals surface area contributed by atoms with Gasteiger partial charge in [0.05, 0.1) is 12.6 Å². The van der Waals surface area contributed by atoms with E-state index >= 15 is 0 Å². The fourth-order valence-corrected chi connectivity index (χ4v) is 2.82. The van der Waals surface area contributed by atoms with Crippen LogP contribution in [0.4, 0.5) is 0 Å². The Morgan fingerprint density at radius 2 is 2.12 bits per heavy atom. The predicted octanol–water partition coefficient (Wildman–Crippen LogP) is 2.53. The van der Waals surface area contributed by atoms with Gasteiger partial charge in [-0.25, -0.2) is 0 Å². The molecule has 1 fully saturated rings. The molecule has 5 heteroatoms. The lowest BCUT2D eigenvalue weighted by Gasteiger charge is -2.26. The SMILES string of the molecule is CC(C)[C@@H](C)NC(=O)CN(Cc1ccccc1O)C[C@@H]1CCCO1. The Morgan fingerprint density at radius 3 is 2.75 bits per heavy atom. The molecule has 2 rings (SSSR count). The zero-order valence-electron chi connectivity index (χ0n) is 15.0. The highest BCUT2D eigenvalue weighted by molar-refractivity contribution is 5.78. The zero-order valence-corrected chi connectivity index (χ0v) is 15.0. The molecule has 0 spiro atoms. The van der Waals surface area contributed by atoms with Crippen LogP contribution in [0.25, 0.3) is 0 Å². The maximum atomic E-state index is 12.4. The van der Waals surface area contributed by atoms with Gasteiger partial charge in [-0.05, 0) is 31.7 Å². The maximum absolute atomic E-state index is 12.4. The summed E-state index contributed by atoms with van der Waals surface area (Å²) in [5.74, 6) is 0.689. The summed E-state index contributed by atoms with van der Waals surface area (Å²) in [7, 11) is 0. The Bertz CT molecular complexity index is 527. The van der Waals surface area contributed by atoms with Crippen molar-refractivity contribution in [2.24, 2.45) is 5.92 Å². The largest absolute Gasteiger partial charge is 0.508 e. The average Bonchev–Trinajstić information content (AvgIpc) is 3.02. The van der Waals surface area contributed by atoms with Crippen molar-refractivity contribution in [2.45, 2.75) is 52.3 Å². The molecule has 2 atom stereocenters. The number of hydrogen-bond donors (Lipinski definition) is 2. The second-order valence-corrected chi connectivity index (χ2v) is 7.03. The van der Waals surface area contributed by atoms with Gasteiger partial charge in [0.15, 0.2) is 0 Å². The molecule has 1 aromatic rings. The van der Waals surface area contributed by atoms with E-state index in [0.29, 0.717) is 25.6 Å². The number of ether oxygens (including phenoxy) is 1. The van der Waals surface area contributed by atoms with Crippen LogP contribution in [0.3, 0.4) is 0 Å². The minimum atomic E-state index is 0.0182. The molecule has 24 heavy (non-hydrogen) atoms. The Hall–Kier alpha value is -1.59. The van der Waals surface area contributed by atoms with Crippen molar-refractivity contribution >= 4 is 5.91 Å². The number of nitrogens with one attached hydrogen (secondary N) is 1. The first kappa shape index (κ1) is 18.7. The second kappa shape index (κ2) is 9.04. The first-order valence-corrected chi connectivity index (χ1v) is 8.86. The minimum Gasteiger partial charge on any atom is -0.508 e. The number of carbonyl (C=O) groups excluding carboxylic acids is 1. The number of phenols is 1. The van der Waals surface area contributed by atoms with Crippen LogP contribution in [0.2, 0.25) is 0 Å². The molecular weight excluding hydrogens is 304 g/mol. The summed E-state index contributed by atoms with van der Waals surface area (Å²) in [5.41, 5.74) is 0.834. The van der Waals surface area contributed by atoms with Crippen molar-refractivity contribution < 1.29 is 14.6 Å². The fourth-order valence-electron chi connectivity index (χ4n) is 2.82. The van der Waals surface area contributed by atoms with Gasteiger partial charge in [0.2, 0.25) is 5.91 Å². The molecule has 0 bridgehead atoms. The van der Waals surface area contributed by atoms with Crippen LogP contribution >= 0.6 is 0 Å². The molecule has 0 saturated carbocycles. The monoisotopic (exact) mass is 334 g/mol. The van der Waals surface area contributed by atoms with Crippen LogP contribution in [0.15, 0.2) is 24.3 Å². The summed E-state index contributed by atoms with van der Waals surface area (Å²) < 4.78 is 5.72. The van der Waals surface area contributed by atoms with E-state index < -0.39 is 0 Å². The molecule has 5 nitrogen and oxygen atoms in total. The van der Waals surface area contributed by atoms with Gasteiger partial charge in [-0.2, -0.15) is 0 Å². The smallest absolute Gasteiger partial charge is 0.234 e. The maximum Gasteiger partial charge on any atom is 0.234 e. The Kier molecular flexibility index (Phi) is 7.06. The van der Waals surface area contributed by atoms with Crippen molar-refractivity contribution in [2.75, 3.05) is 19.7 Å². The van der Waals surface area contributed by atoms with E-state index in [1.165, 1.54) is 0 Å². The van der Waals surface area contributed by atoms with Gasteiger partial charge in [-0.15, -0.1) is 0 Å². The summed E-state index contributed by atoms with van der Waals surface area (Å²) in [6, 6.07) is 7.43. The van der Waals surface area contributed by atoms with Crippen molar-refractivity contribution in [3.05, 3.63) is 29.8 Å². The predicted molar refractivity (Wildman–Crippen MR) is 94.8 cm³/mol. The van der Waals surface area contributed by atoms with E-state index in [0.717, 1.165) is 25.0 Å². The van der Waals surface area contributed by atoms with Gasteiger partial charge in [0, 0.05) is 31.3 Å². The fraction of sp³-hybridized carbons (Fsp3) is 0.632. The highest BCUT2D eigenvalue weighted by Gasteiger charge is 2.22. The molecule has 0 unspecified atom stereocenters. The first-order chi connectivity index (χ1) is 11.5. The van der Waals surface area contributed by atoms with Gasteiger partial charge in [-0.1, -0.05) is 32.0 Å².